The van der Waals surface area contributed by atoms with Crippen molar-refractivity contribution < 1.29 is 19.0 Å². The van der Waals surface area contributed by atoms with Gasteiger partial charge < -0.3 is 14.2 Å². The largest absolute Gasteiger partial charge is 0.493 e. The number of fused-ring (bicyclic) bond motifs is 1. The average molecular weight is 398 g/mol. The molecular weight excluding hydrogens is 376 g/mol. The number of allylic oxidation sites excluding steroid dienone is 1. The van der Waals surface area contributed by atoms with E-state index in [4.69, 9.17) is 14.2 Å². The van der Waals surface area contributed by atoms with Crippen molar-refractivity contribution >= 4 is 34.8 Å². The van der Waals surface area contributed by atoms with Crippen LogP contribution in [-0.2, 0) is 0 Å². The molecule has 7 heteroatoms. The molecule has 0 unspecified atom stereocenters. The van der Waals surface area contributed by atoms with Crippen LogP contribution in [0.2, 0.25) is 0 Å². The number of carbonyl (C=O) groups excluding carboxylic acids is 1. The molecule has 0 saturated carbocycles. The van der Waals surface area contributed by atoms with Crippen LogP contribution in [0.5, 0.6) is 17.2 Å². The van der Waals surface area contributed by atoms with Crippen molar-refractivity contribution in [1.29, 1.82) is 0 Å². The Morgan fingerprint density at radius 1 is 1.11 bits per heavy atom. The van der Waals surface area contributed by atoms with Crippen LogP contribution in [0.15, 0.2) is 47.6 Å². The zero-order chi connectivity index (χ0) is 20.1. The normalized spacial score (nSPS) is 11.1. The van der Waals surface area contributed by atoms with E-state index in [1.165, 1.54) is 17.8 Å². The number of thioether (sulfide) groups is 1. The van der Waals surface area contributed by atoms with E-state index in [2.05, 4.69) is 4.98 Å². The van der Waals surface area contributed by atoms with Gasteiger partial charge in [0.25, 0.3) is 5.91 Å². The first kappa shape index (κ1) is 19.8. The Labute approximate surface area is 168 Å². The lowest BCUT2D eigenvalue weighted by Crippen LogP contribution is -2.08. The van der Waals surface area contributed by atoms with Crippen molar-refractivity contribution in [2.75, 3.05) is 27.1 Å². The van der Waals surface area contributed by atoms with Gasteiger partial charge in [-0.05, 0) is 41.7 Å². The molecular formula is C21H22N2O4S. The summed E-state index contributed by atoms with van der Waals surface area (Å²) in [6.45, 7) is 2.03. The number of hydrogen-bond donors (Lipinski definition) is 0. The predicted octanol–water partition coefficient (Wildman–Crippen LogP) is 4.53. The Morgan fingerprint density at radius 2 is 1.79 bits per heavy atom. The first-order chi connectivity index (χ1) is 13.6. The quantitative estimate of drug-likeness (QED) is 0.430. The minimum atomic E-state index is -0.168. The van der Waals surface area contributed by atoms with E-state index in [0.717, 1.165) is 22.3 Å². The molecule has 0 fully saturated rings. The molecule has 1 heterocycles. The Morgan fingerprint density at radius 3 is 2.39 bits per heavy atom. The van der Waals surface area contributed by atoms with Gasteiger partial charge in [-0.15, -0.1) is 0 Å². The fourth-order valence-corrected chi connectivity index (χ4v) is 3.62. The van der Waals surface area contributed by atoms with Gasteiger partial charge in [0, 0.05) is 6.08 Å². The highest BCUT2D eigenvalue weighted by Gasteiger charge is 2.16. The second-order valence-corrected chi connectivity index (χ2v) is 7.01. The van der Waals surface area contributed by atoms with Gasteiger partial charge in [0.1, 0.15) is 0 Å². The van der Waals surface area contributed by atoms with E-state index in [0.29, 0.717) is 22.4 Å². The van der Waals surface area contributed by atoms with Crippen LogP contribution in [0.1, 0.15) is 17.3 Å². The van der Waals surface area contributed by atoms with E-state index in [1.54, 1.807) is 44.1 Å². The number of imidazole rings is 1. The minimum Gasteiger partial charge on any atom is -0.493 e. The molecule has 0 radical (unpaired) electrons. The Kier molecular flexibility index (Phi) is 6.26. The molecule has 0 aliphatic heterocycles. The molecule has 28 heavy (non-hydrogen) atoms. The lowest BCUT2D eigenvalue weighted by Gasteiger charge is -2.12. The lowest BCUT2D eigenvalue weighted by atomic mass is 10.1. The second kappa shape index (κ2) is 8.84. The summed E-state index contributed by atoms with van der Waals surface area (Å²) in [7, 11) is 4.67. The van der Waals surface area contributed by atoms with Crippen LogP contribution >= 0.6 is 11.8 Å². The predicted molar refractivity (Wildman–Crippen MR) is 112 cm³/mol. The molecule has 146 valence electrons. The highest BCUT2D eigenvalue weighted by molar-refractivity contribution is 7.99. The van der Waals surface area contributed by atoms with Crippen molar-refractivity contribution in [2.24, 2.45) is 0 Å². The monoisotopic (exact) mass is 398 g/mol. The molecule has 3 aromatic rings. The Bertz CT molecular complexity index is 1000. The first-order valence-corrected chi connectivity index (χ1v) is 9.74. The van der Waals surface area contributed by atoms with Gasteiger partial charge in [-0.3, -0.25) is 9.36 Å². The van der Waals surface area contributed by atoms with E-state index < -0.39 is 0 Å². The van der Waals surface area contributed by atoms with Crippen molar-refractivity contribution in [3.63, 3.8) is 0 Å². The summed E-state index contributed by atoms with van der Waals surface area (Å²) in [6, 6.07) is 11.2. The third-order valence-corrected chi connectivity index (χ3v) is 4.95. The van der Waals surface area contributed by atoms with Crippen LogP contribution in [0.25, 0.3) is 17.1 Å². The molecule has 2 aromatic carbocycles. The molecule has 6 nitrogen and oxygen atoms in total. The van der Waals surface area contributed by atoms with Crippen molar-refractivity contribution in [1.82, 2.24) is 9.55 Å². The third-order valence-electron chi connectivity index (χ3n) is 4.13. The summed E-state index contributed by atoms with van der Waals surface area (Å²) in [4.78, 5) is 17.5. The van der Waals surface area contributed by atoms with Gasteiger partial charge in [-0.2, -0.15) is 0 Å². The summed E-state index contributed by atoms with van der Waals surface area (Å²) in [5.74, 6) is 2.23. The number of benzene rings is 2. The Balaban J connectivity index is 1.99. The zero-order valence-electron chi connectivity index (χ0n) is 16.3. The summed E-state index contributed by atoms with van der Waals surface area (Å²) < 4.78 is 17.7. The van der Waals surface area contributed by atoms with Gasteiger partial charge >= 0.3 is 0 Å². The molecule has 3 rings (SSSR count). The van der Waals surface area contributed by atoms with Crippen LogP contribution in [0, 0.1) is 0 Å². The van der Waals surface area contributed by atoms with Gasteiger partial charge in [-0.25, -0.2) is 4.98 Å². The minimum absolute atomic E-state index is 0.168. The number of para-hydroxylation sites is 2. The standard InChI is InChI=1S/C21H22N2O4S/c1-5-28-21-22-15-8-6-7-9-16(15)23(21)19(24)11-10-14-12-17(25-2)20(27-4)18(13-14)26-3/h6-13H,5H2,1-4H3/b11-10+. The van der Waals surface area contributed by atoms with Gasteiger partial charge in [0.15, 0.2) is 16.7 Å². The molecule has 0 bridgehead atoms. The number of rotatable bonds is 7. The average Bonchev–Trinajstić information content (AvgIpc) is 3.09. The topological polar surface area (TPSA) is 62.6 Å². The maximum atomic E-state index is 13.0. The lowest BCUT2D eigenvalue weighted by molar-refractivity contribution is 0.0965. The smallest absolute Gasteiger partial charge is 0.257 e. The molecule has 0 saturated heterocycles. The van der Waals surface area contributed by atoms with Gasteiger partial charge in [-0.1, -0.05) is 30.8 Å². The van der Waals surface area contributed by atoms with Crippen molar-refractivity contribution in [3.8, 4) is 17.2 Å². The van der Waals surface area contributed by atoms with E-state index in [1.807, 2.05) is 31.2 Å². The van der Waals surface area contributed by atoms with Crippen LogP contribution in [0.3, 0.4) is 0 Å². The number of methoxy groups -OCH3 is 3. The van der Waals surface area contributed by atoms with Gasteiger partial charge in [0.05, 0.1) is 32.4 Å². The molecule has 0 atom stereocenters. The van der Waals surface area contributed by atoms with Crippen molar-refractivity contribution in [2.45, 2.75) is 12.1 Å². The molecule has 0 spiro atoms. The first-order valence-electron chi connectivity index (χ1n) is 8.75. The summed E-state index contributed by atoms with van der Waals surface area (Å²) in [6.07, 6.45) is 3.25. The summed E-state index contributed by atoms with van der Waals surface area (Å²) in [5, 5.41) is 0.684. The van der Waals surface area contributed by atoms with Crippen molar-refractivity contribution in [3.05, 3.63) is 48.0 Å². The maximum absolute atomic E-state index is 13.0. The van der Waals surface area contributed by atoms with E-state index >= 15 is 0 Å². The van der Waals surface area contributed by atoms with Gasteiger partial charge in [0.2, 0.25) is 5.75 Å². The van der Waals surface area contributed by atoms with Crippen LogP contribution in [0.4, 0.5) is 0 Å². The summed E-state index contributed by atoms with van der Waals surface area (Å²) in [5.41, 5.74) is 2.35. The van der Waals surface area contributed by atoms with E-state index in [-0.39, 0.29) is 5.91 Å². The number of ether oxygens (including phenoxy) is 3. The summed E-state index contributed by atoms with van der Waals surface area (Å²) >= 11 is 1.54. The highest BCUT2D eigenvalue weighted by Crippen LogP contribution is 2.38. The maximum Gasteiger partial charge on any atom is 0.257 e. The van der Waals surface area contributed by atoms with E-state index in [9.17, 15) is 4.79 Å². The third kappa shape index (κ3) is 3.84. The molecule has 0 N–H and O–H groups in total. The fourth-order valence-electron chi connectivity index (χ4n) is 2.88. The SMILES string of the molecule is CCSc1nc2ccccc2n1C(=O)/C=C/c1cc(OC)c(OC)c(OC)c1. The Hall–Kier alpha value is -2.93. The number of carbonyl (C=O) groups is 1. The zero-order valence-corrected chi connectivity index (χ0v) is 17.1. The molecule has 0 aliphatic carbocycles. The molecule has 1 aromatic heterocycles. The number of aromatic nitrogens is 2. The molecule has 0 amide bonds. The fraction of sp³-hybridized carbons (Fsp3) is 0.238. The second-order valence-electron chi connectivity index (χ2n) is 5.78. The van der Waals surface area contributed by atoms with Crippen LogP contribution < -0.4 is 14.2 Å². The molecule has 0 aliphatic rings. The highest BCUT2D eigenvalue weighted by atomic mass is 32.2. The number of nitrogens with zero attached hydrogens (tertiary/aromatic N) is 2. The van der Waals surface area contributed by atoms with Crippen LogP contribution in [-0.4, -0.2) is 42.5 Å². The number of hydrogen-bond acceptors (Lipinski definition) is 6.